The molecule has 1 aromatic carbocycles. The van der Waals surface area contributed by atoms with E-state index in [9.17, 15) is 0 Å². The highest BCUT2D eigenvalue weighted by molar-refractivity contribution is 6.30. The molecular formula is C15H25ClN2. The van der Waals surface area contributed by atoms with Crippen LogP contribution in [0.5, 0.6) is 0 Å². The fourth-order valence-electron chi connectivity index (χ4n) is 1.84. The van der Waals surface area contributed by atoms with Gasteiger partial charge < -0.3 is 10.6 Å². The molecule has 0 heterocycles. The summed E-state index contributed by atoms with van der Waals surface area (Å²) in [5.74, 6) is 0. The molecule has 2 nitrogen and oxygen atoms in total. The minimum Gasteiger partial charge on any atom is -0.325 e. The molecule has 18 heavy (non-hydrogen) atoms. The third-order valence-electron chi connectivity index (χ3n) is 3.78. The molecule has 2 N–H and O–H groups in total. The number of nitrogens with two attached hydrogens (primary N) is 1. The topological polar surface area (TPSA) is 29.3 Å². The Balaban J connectivity index is 2.62. The number of rotatable bonds is 5. The predicted molar refractivity (Wildman–Crippen MR) is 79.8 cm³/mol. The van der Waals surface area contributed by atoms with E-state index in [1.165, 1.54) is 5.56 Å². The number of hydrogen-bond acceptors (Lipinski definition) is 2. The van der Waals surface area contributed by atoms with E-state index in [-0.39, 0.29) is 11.0 Å². The van der Waals surface area contributed by atoms with Gasteiger partial charge in [0.25, 0.3) is 0 Å². The van der Waals surface area contributed by atoms with Crippen LogP contribution in [-0.4, -0.2) is 24.0 Å². The van der Waals surface area contributed by atoms with Crippen LogP contribution >= 0.6 is 11.6 Å². The summed E-state index contributed by atoms with van der Waals surface area (Å²) in [6, 6.07) is 8.00. The molecule has 1 aromatic rings. The van der Waals surface area contributed by atoms with Crippen molar-refractivity contribution in [2.24, 2.45) is 11.1 Å². The highest BCUT2D eigenvalue weighted by atomic mass is 35.5. The van der Waals surface area contributed by atoms with Crippen molar-refractivity contribution in [2.45, 2.75) is 39.8 Å². The molecule has 0 aliphatic rings. The van der Waals surface area contributed by atoms with Gasteiger partial charge in [-0.05, 0) is 44.0 Å². The Morgan fingerprint density at radius 1 is 1.11 bits per heavy atom. The highest BCUT2D eigenvalue weighted by Crippen LogP contribution is 2.29. The van der Waals surface area contributed by atoms with Crippen molar-refractivity contribution < 1.29 is 0 Å². The van der Waals surface area contributed by atoms with Gasteiger partial charge in [0.15, 0.2) is 0 Å². The summed E-state index contributed by atoms with van der Waals surface area (Å²) in [7, 11) is 2.13. The molecule has 0 amide bonds. The Hall–Kier alpha value is -0.570. The van der Waals surface area contributed by atoms with Gasteiger partial charge >= 0.3 is 0 Å². The van der Waals surface area contributed by atoms with Crippen molar-refractivity contribution in [2.75, 3.05) is 13.6 Å². The fourth-order valence-corrected chi connectivity index (χ4v) is 1.96. The summed E-state index contributed by atoms with van der Waals surface area (Å²) < 4.78 is 0. The van der Waals surface area contributed by atoms with Crippen LogP contribution in [0.3, 0.4) is 0 Å². The fraction of sp³-hybridized carbons (Fsp3) is 0.600. The molecular weight excluding hydrogens is 244 g/mol. The Kier molecular flexibility index (Phi) is 4.82. The van der Waals surface area contributed by atoms with Gasteiger partial charge in [-0.3, -0.25) is 0 Å². The molecule has 0 aromatic heterocycles. The molecule has 0 fully saturated rings. The van der Waals surface area contributed by atoms with Crippen LogP contribution < -0.4 is 5.73 Å². The van der Waals surface area contributed by atoms with Crippen LogP contribution in [0.25, 0.3) is 0 Å². The monoisotopic (exact) mass is 268 g/mol. The molecule has 0 radical (unpaired) electrons. The number of nitrogens with zero attached hydrogens (tertiary/aromatic N) is 1. The van der Waals surface area contributed by atoms with Crippen LogP contribution in [0.2, 0.25) is 5.02 Å². The van der Waals surface area contributed by atoms with E-state index in [2.05, 4.69) is 51.8 Å². The first-order valence-electron chi connectivity index (χ1n) is 6.34. The summed E-state index contributed by atoms with van der Waals surface area (Å²) in [6.45, 7) is 10.5. The van der Waals surface area contributed by atoms with Crippen LogP contribution in [-0.2, 0) is 6.54 Å². The quantitative estimate of drug-likeness (QED) is 0.885. The Labute approximate surface area is 116 Å². The molecule has 0 aliphatic heterocycles. The maximum Gasteiger partial charge on any atom is 0.0406 e. The van der Waals surface area contributed by atoms with E-state index in [1.807, 2.05) is 12.1 Å². The lowest BCUT2D eigenvalue weighted by Crippen LogP contribution is -2.52. The van der Waals surface area contributed by atoms with Gasteiger partial charge in [0.1, 0.15) is 0 Å². The molecule has 1 rings (SSSR count). The van der Waals surface area contributed by atoms with E-state index < -0.39 is 0 Å². The van der Waals surface area contributed by atoms with Crippen molar-refractivity contribution in [1.82, 2.24) is 4.90 Å². The lowest BCUT2D eigenvalue weighted by atomic mass is 9.75. The van der Waals surface area contributed by atoms with Gasteiger partial charge in [-0.25, -0.2) is 0 Å². The van der Waals surface area contributed by atoms with Gasteiger partial charge in [0.2, 0.25) is 0 Å². The van der Waals surface area contributed by atoms with Crippen LogP contribution in [0.1, 0.15) is 33.3 Å². The van der Waals surface area contributed by atoms with E-state index >= 15 is 0 Å². The van der Waals surface area contributed by atoms with Gasteiger partial charge in [0, 0.05) is 23.7 Å². The molecule has 0 bridgehead atoms. The van der Waals surface area contributed by atoms with E-state index in [4.69, 9.17) is 17.3 Å². The Morgan fingerprint density at radius 2 is 1.61 bits per heavy atom. The largest absolute Gasteiger partial charge is 0.325 e. The second kappa shape index (κ2) is 5.60. The predicted octanol–water partition coefficient (Wildman–Crippen LogP) is 3.54. The van der Waals surface area contributed by atoms with Gasteiger partial charge in [-0.2, -0.15) is 0 Å². The number of halogens is 1. The van der Waals surface area contributed by atoms with Crippen molar-refractivity contribution in [3.8, 4) is 0 Å². The second-order valence-corrected chi connectivity index (χ2v) is 6.84. The molecule has 0 atom stereocenters. The standard InChI is InChI=1S/C15H25ClN2/c1-14(2,15(3,4)17)11-18(5)10-12-6-8-13(16)9-7-12/h6-9H,10-11,17H2,1-5H3. The summed E-state index contributed by atoms with van der Waals surface area (Å²) >= 11 is 5.88. The smallest absolute Gasteiger partial charge is 0.0406 e. The molecule has 0 saturated heterocycles. The molecule has 0 aliphatic carbocycles. The molecule has 3 heteroatoms. The third-order valence-corrected chi connectivity index (χ3v) is 4.03. The molecule has 102 valence electrons. The summed E-state index contributed by atoms with van der Waals surface area (Å²) in [5, 5.41) is 0.782. The van der Waals surface area contributed by atoms with Gasteiger partial charge in [-0.15, -0.1) is 0 Å². The van der Waals surface area contributed by atoms with Gasteiger partial charge in [0.05, 0.1) is 0 Å². The average Bonchev–Trinajstić information content (AvgIpc) is 2.19. The van der Waals surface area contributed by atoms with Crippen molar-refractivity contribution >= 4 is 11.6 Å². The summed E-state index contributed by atoms with van der Waals surface area (Å²) in [6.07, 6.45) is 0. The minimum absolute atomic E-state index is 0.0637. The summed E-state index contributed by atoms with van der Waals surface area (Å²) in [4.78, 5) is 2.30. The molecule has 0 saturated carbocycles. The average molecular weight is 269 g/mol. The Bertz CT molecular complexity index is 376. The second-order valence-electron chi connectivity index (χ2n) is 6.40. The third kappa shape index (κ3) is 4.27. The zero-order valence-electron chi connectivity index (χ0n) is 12.1. The van der Waals surface area contributed by atoms with Crippen molar-refractivity contribution in [1.29, 1.82) is 0 Å². The normalized spacial score (nSPS) is 13.1. The van der Waals surface area contributed by atoms with Crippen LogP contribution in [0.4, 0.5) is 0 Å². The van der Waals surface area contributed by atoms with Crippen molar-refractivity contribution in [3.63, 3.8) is 0 Å². The SMILES string of the molecule is CN(Cc1ccc(Cl)cc1)CC(C)(C)C(C)(C)N. The van der Waals surface area contributed by atoms with Crippen molar-refractivity contribution in [3.05, 3.63) is 34.9 Å². The lowest BCUT2D eigenvalue weighted by Gasteiger charge is -2.41. The summed E-state index contributed by atoms with van der Waals surface area (Å²) in [5.41, 5.74) is 7.37. The molecule has 0 unspecified atom stereocenters. The first-order chi connectivity index (χ1) is 8.12. The van der Waals surface area contributed by atoms with Crippen LogP contribution in [0, 0.1) is 5.41 Å². The first-order valence-corrected chi connectivity index (χ1v) is 6.71. The minimum atomic E-state index is -0.193. The first kappa shape index (κ1) is 15.5. The van der Waals surface area contributed by atoms with E-state index in [0.717, 1.165) is 18.1 Å². The van der Waals surface area contributed by atoms with Crippen LogP contribution in [0.15, 0.2) is 24.3 Å². The van der Waals surface area contributed by atoms with E-state index in [0.29, 0.717) is 0 Å². The highest BCUT2D eigenvalue weighted by Gasteiger charge is 2.34. The zero-order chi connectivity index (χ0) is 14.0. The lowest BCUT2D eigenvalue weighted by molar-refractivity contribution is 0.126. The maximum absolute atomic E-state index is 6.23. The zero-order valence-corrected chi connectivity index (χ0v) is 12.9. The Morgan fingerprint density at radius 3 is 2.06 bits per heavy atom. The maximum atomic E-state index is 6.23. The van der Waals surface area contributed by atoms with Gasteiger partial charge in [-0.1, -0.05) is 37.6 Å². The number of hydrogen-bond donors (Lipinski definition) is 1. The number of benzene rings is 1. The van der Waals surface area contributed by atoms with E-state index in [1.54, 1.807) is 0 Å². The molecule has 0 spiro atoms.